The molecule has 2 aromatic heterocycles. The first-order chi connectivity index (χ1) is 15.3. The molecule has 0 radical (unpaired) electrons. The lowest BCUT2D eigenvalue weighted by Crippen LogP contribution is -2.12. The summed E-state index contributed by atoms with van der Waals surface area (Å²) in [6.07, 6.45) is 1.51. The number of nitro benzene ring substituents is 1. The molecule has 0 fully saturated rings. The van der Waals surface area contributed by atoms with Gasteiger partial charge in [-0.25, -0.2) is 4.98 Å². The molecule has 1 N–H and O–H groups in total. The van der Waals surface area contributed by atoms with Gasteiger partial charge in [0.15, 0.2) is 10.3 Å². The van der Waals surface area contributed by atoms with E-state index in [1.54, 1.807) is 17.7 Å². The van der Waals surface area contributed by atoms with Crippen LogP contribution in [-0.2, 0) is 7.05 Å². The van der Waals surface area contributed by atoms with Crippen molar-refractivity contribution in [2.75, 3.05) is 5.32 Å². The summed E-state index contributed by atoms with van der Waals surface area (Å²) < 4.78 is 1.66. The molecule has 9 nitrogen and oxygen atoms in total. The van der Waals surface area contributed by atoms with Crippen molar-refractivity contribution in [2.24, 2.45) is 7.05 Å². The standard InChI is InChI=1S/C21H18N6O3S2/c1-12-4-5-14(8-13(12)2)16-10-31-20(23-16)24-19(28)15-6-7-18(17(9-15)27(29)30)32-21-25-22-11-26(21)3/h4-11H,1-3H3,(H,23,24,28). The molecule has 0 saturated carbocycles. The molecular weight excluding hydrogens is 448 g/mol. The Morgan fingerprint density at radius 2 is 2.00 bits per heavy atom. The fourth-order valence-corrected chi connectivity index (χ4v) is 4.45. The molecule has 4 rings (SSSR count). The third kappa shape index (κ3) is 4.53. The Kier molecular flexibility index (Phi) is 6.01. The molecule has 1 amide bonds. The van der Waals surface area contributed by atoms with E-state index in [1.807, 2.05) is 37.4 Å². The largest absolute Gasteiger partial charge is 0.311 e. The number of amides is 1. The van der Waals surface area contributed by atoms with Crippen LogP contribution in [0.3, 0.4) is 0 Å². The highest BCUT2D eigenvalue weighted by molar-refractivity contribution is 7.99. The average molecular weight is 467 g/mol. The Hall–Kier alpha value is -3.57. The van der Waals surface area contributed by atoms with Gasteiger partial charge >= 0.3 is 0 Å². The molecule has 2 heterocycles. The van der Waals surface area contributed by atoms with E-state index in [4.69, 9.17) is 0 Å². The zero-order chi connectivity index (χ0) is 22.8. The number of rotatable bonds is 6. The minimum atomic E-state index is -0.517. The van der Waals surface area contributed by atoms with Gasteiger partial charge in [0, 0.05) is 29.6 Å². The number of hydrogen-bond donors (Lipinski definition) is 1. The van der Waals surface area contributed by atoms with Crippen molar-refractivity contribution in [3.63, 3.8) is 0 Å². The summed E-state index contributed by atoms with van der Waals surface area (Å²) in [5.41, 5.74) is 4.07. The highest BCUT2D eigenvalue weighted by Crippen LogP contribution is 2.34. The zero-order valence-electron chi connectivity index (χ0n) is 17.4. The quantitative estimate of drug-likeness (QED) is 0.318. The van der Waals surface area contributed by atoms with Gasteiger partial charge in [0.05, 0.1) is 15.5 Å². The van der Waals surface area contributed by atoms with Crippen molar-refractivity contribution >= 4 is 39.8 Å². The fraction of sp³-hybridized carbons (Fsp3) is 0.143. The van der Waals surface area contributed by atoms with E-state index in [0.717, 1.165) is 28.6 Å². The van der Waals surface area contributed by atoms with Crippen LogP contribution in [0, 0.1) is 24.0 Å². The second-order valence-electron chi connectivity index (χ2n) is 7.06. The number of nitro groups is 1. The lowest BCUT2D eigenvalue weighted by molar-refractivity contribution is -0.387. The molecule has 0 unspecified atom stereocenters. The van der Waals surface area contributed by atoms with Crippen LogP contribution >= 0.6 is 23.1 Å². The Labute approximate surface area is 191 Å². The van der Waals surface area contributed by atoms with Crippen LogP contribution in [0.1, 0.15) is 21.5 Å². The van der Waals surface area contributed by atoms with Gasteiger partial charge in [-0.1, -0.05) is 12.1 Å². The van der Waals surface area contributed by atoms with Gasteiger partial charge in [-0.05, 0) is 54.9 Å². The van der Waals surface area contributed by atoms with Crippen molar-refractivity contribution in [1.82, 2.24) is 19.7 Å². The molecule has 0 bridgehead atoms. The van der Waals surface area contributed by atoms with Gasteiger partial charge in [0.1, 0.15) is 6.33 Å². The first kappa shape index (κ1) is 21.7. The molecule has 0 spiro atoms. The van der Waals surface area contributed by atoms with Crippen molar-refractivity contribution in [2.45, 2.75) is 23.9 Å². The first-order valence-electron chi connectivity index (χ1n) is 9.46. The zero-order valence-corrected chi connectivity index (χ0v) is 19.0. The van der Waals surface area contributed by atoms with Gasteiger partial charge in [0.2, 0.25) is 0 Å². The van der Waals surface area contributed by atoms with Gasteiger partial charge in [0.25, 0.3) is 11.6 Å². The van der Waals surface area contributed by atoms with Gasteiger partial charge in [-0.3, -0.25) is 20.2 Å². The SMILES string of the molecule is Cc1ccc(-c2csc(NC(=O)c3ccc(Sc4nncn4C)c([N+](=O)[O-])c3)n2)cc1C. The highest BCUT2D eigenvalue weighted by Gasteiger charge is 2.20. The predicted molar refractivity (Wildman–Crippen MR) is 123 cm³/mol. The number of anilines is 1. The summed E-state index contributed by atoms with van der Waals surface area (Å²) >= 11 is 2.41. The Bertz CT molecular complexity index is 1330. The summed E-state index contributed by atoms with van der Waals surface area (Å²) in [5, 5.41) is 24.8. The van der Waals surface area contributed by atoms with Crippen molar-refractivity contribution in [3.8, 4) is 11.3 Å². The number of thiazole rings is 1. The predicted octanol–water partition coefficient (Wildman–Crippen LogP) is 4.87. The van der Waals surface area contributed by atoms with E-state index >= 15 is 0 Å². The van der Waals surface area contributed by atoms with Crippen LogP contribution in [0.2, 0.25) is 0 Å². The minimum Gasteiger partial charge on any atom is -0.311 e. The van der Waals surface area contributed by atoms with Crippen molar-refractivity contribution < 1.29 is 9.72 Å². The maximum absolute atomic E-state index is 12.7. The minimum absolute atomic E-state index is 0.168. The molecule has 4 aromatic rings. The molecule has 0 aliphatic heterocycles. The number of carbonyl (C=O) groups is 1. The Morgan fingerprint density at radius 1 is 1.19 bits per heavy atom. The maximum Gasteiger partial charge on any atom is 0.284 e. The van der Waals surface area contributed by atoms with Crippen LogP contribution < -0.4 is 5.32 Å². The van der Waals surface area contributed by atoms with Crippen LogP contribution in [0.15, 0.2) is 58.2 Å². The van der Waals surface area contributed by atoms with Crippen molar-refractivity contribution in [1.29, 1.82) is 0 Å². The molecule has 11 heteroatoms. The van der Waals surface area contributed by atoms with Crippen LogP contribution in [-0.4, -0.2) is 30.6 Å². The summed E-state index contributed by atoms with van der Waals surface area (Å²) in [6, 6.07) is 10.4. The molecule has 32 heavy (non-hydrogen) atoms. The lowest BCUT2D eigenvalue weighted by Gasteiger charge is -2.06. The normalized spacial score (nSPS) is 10.8. The third-order valence-electron chi connectivity index (χ3n) is 4.82. The molecule has 162 valence electrons. The van der Waals surface area contributed by atoms with Crippen LogP contribution in [0.25, 0.3) is 11.3 Å². The topological polar surface area (TPSA) is 116 Å². The number of aryl methyl sites for hydroxylation is 3. The number of benzene rings is 2. The van der Waals surface area contributed by atoms with E-state index in [9.17, 15) is 14.9 Å². The van der Waals surface area contributed by atoms with Gasteiger partial charge in [-0.2, -0.15) is 0 Å². The number of nitrogens with zero attached hydrogens (tertiary/aromatic N) is 5. The van der Waals surface area contributed by atoms with E-state index in [1.165, 1.54) is 35.4 Å². The van der Waals surface area contributed by atoms with Crippen LogP contribution in [0.5, 0.6) is 0 Å². The molecular formula is C21H18N6O3S2. The first-order valence-corrected chi connectivity index (χ1v) is 11.2. The fourth-order valence-electron chi connectivity index (χ4n) is 2.88. The number of hydrogen-bond acceptors (Lipinski definition) is 8. The summed E-state index contributed by atoms with van der Waals surface area (Å²) in [5.74, 6) is -0.468. The summed E-state index contributed by atoms with van der Waals surface area (Å²) in [4.78, 5) is 28.6. The molecule has 0 atom stereocenters. The molecule has 0 aliphatic rings. The van der Waals surface area contributed by atoms with Crippen LogP contribution in [0.4, 0.5) is 10.8 Å². The smallest absolute Gasteiger partial charge is 0.284 e. The third-order valence-corrected chi connectivity index (χ3v) is 6.69. The number of aromatic nitrogens is 4. The molecule has 0 aliphatic carbocycles. The lowest BCUT2D eigenvalue weighted by atomic mass is 10.1. The maximum atomic E-state index is 12.7. The Balaban J connectivity index is 1.54. The summed E-state index contributed by atoms with van der Waals surface area (Å²) in [7, 11) is 1.75. The summed E-state index contributed by atoms with van der Waals surface area (Å²) in [6.45, 7) is 4.08. The Morgan fingerprint density at radius 3 is 2.69 bits per heavy atom. The van der Waals surface area contributed by atoms with Gasteiger partial charge < -0.3 is 4.57 Å². The van der Waals surface area contributed by atoms with E-state index < -0.39 is 10.8 Å². The molecule has 2 aromatic carbocycles. The average Bonchev–Trinajstić information content (AvgIpc) is 3.39. The monoisotopic (exact) mass is 466 g/mol. The van der Waals surface area contributed by atoms with E-state index in [-0.39, 0.29) is 11.3 Å². The second kappa shape index (κ2) is 8.89. The van der Waals surface area contributed by atoms with E-state index in [2.05, 4.69) is 20.5 Å². The molecule has 0 saturated heterocycles. The highest BCUT2D eigenvalue weighted by atomic mass is 32.2. The van der Waals surface area contributed by atoms with Gasteiger partial charge in [-0.15, -0.1) is 21.5 Å². The van der Waals surface area contributed by atoms with E-state index in [0.29, 0.717) is 15.2 Å². The number of nitrogens with one attached hydrogen (secondary N) is 1. The van der Waals surface area contributed by atoms with Crippen molar-refractivity contribution in [3.05, 3.63) is 74.9 Å². The number of carbonyl (C=O) groups excluding carboxylic acids is 1. The second-order valence-corrected chi connectivity index (χ2v) is 8.92.